The minimum absolute atomic E-state index is 0.0704. The van der Waals surface area contributed by atoms with Crippen molar-refractivity contribution in [1.82, 2.24) is 9.80 Å². The van der Waals surface area contributed by atoms with Gasteiger partial charge in [0, 0.05) is 16.0 Å². The molecule has 2 aliphatic rings. The molecule has 162 valence electrons. The van der Waals surface area contributed by atoms with Crippen LogP contribution in [0.1, 0.15) is 65.8 Å². The minimum Gasteiger partial charge on any atom is -0.345 e. The van der Waals surface area contributed by atoms with Crippen LogP contribution in [0.4, 0.5) is 16.4 Å². The second-order valence-electron chi connectivity index (χ2n) is 10.8. The van der Waals surface area contributed by atoms with Crippen molar-refractivity contribution in [2.75, 3.05) is 12.4 Å². The van der Waals surface area contributed by atoms with Gasteiger partial charge in [-0.15, -0.1) is 11.3 Å². The van der Waals surface area contributed by atoms with Crippen LogP contribution in [0.3, 0.4) is 0 Å². The summed E-state index contributed by atoms with van der Waals surface area (Å²) < 4.78 is 0. The molecule has 1 fully saturated rings. The third kappa shape index (κ3) is 2.64. The van der Waals surface area contributed by atoms with Gasteiger partial charge >= 0.3 is 0 Å². The van der Waals surface area contributed by atoms with Gasteiger partial charge in [-0.3, -0.25) is 4.90 Å². The molecule has 0 bridgehead atoms. The van der Waals surface area contributed by atoms with Crippen molar-refractivity contribution in [2.45, 2.75) is 84.5 Å². The highest BCUT2D eigenvalue weighted by Gasteiger charge is 2.63. The zero-order chi connectivity index (χ0) is 22.3. The number of thiophene rings is 1. The van der Waals surface area contributed by atoms with E-state index in [4.69, 9.17) is 4.99 Å². The average molecular weight is 425 g/mol. The Morgan fingerprint density at radius 3 is 2.03 bits per heavy atom. The maximum atomic E-state index is 5.33. The Labute approximate surface area is 186 Å². The van der Waals surface area contributed by atoms with Gasteiger partial charge in [-0.1, -0.05) is 12.1 Å². The first-order valence-corrected chi connectivity index (χ1v) is 11.6. The number of anilines is 2. The zero-order valence-electron chi connectivity index (χ0n) is 20.1. The summed E-state index contributed by atoms with van der Waals surface area (Å²) in [7, 11) is 2.27. The fraction of sp³-hybridized carbons (Fsp3) is 0.560. The summed E-state index contributed by atoms with van der Waals surface area (Å²) in [6, 6.07) is 10.7. The second kappa shape index (κ2) is 6.33. The third-order valence-corrected chi connectivity index (χ3v) is 9.44. The molecule has 30 heavy (non-hydrogen) atoms. The summed E-state index contributed by atoms with van der Waals surface area (Å²) >= 11 is 1.81. The number of para-hydroxylation sites is 2. The van der Waals surface area contributed by atoms with Gasteiger partial charge in [0.1, 0.15) is 10.8 Å². The van der Waals surface area contributed by atoms with Crippen LogP contribution in [0.15, 0.2) is 35.3 Å². The number of hydrogen-bond donors (Lipinski definition) is 1. The lowest BCUT2D eigenvalue weighted by Crippen LogP contribution is -2.84. The molecule has 0 unspecified atom stereocenters. The first kappa shape index (κ1) is 21.4. The topological polar surface area (TPSA) is 30.9 Å². The number of nitrogens with zero attached hydrogens (tertiary/aromatic N) is 3. The van der Waals surface area contributed by atoms with Crippen LogP contribution in [0.2, 0.25) is 0 Å². The lowest BCUT2D eigenvalue weighted by atomic mass is 9.65. The van der Waals surface area contributed by atoms with Gasteiger partial charge in [0.15, 0.2) is 0 Å². The van der Waals surface area contributed by atoms with Gasteiger partial charge in [0.25, 0.3) is 0 Å². The first-order valence-electron chi connectivity index (χ1n) is 10.8. The maximum absolute atomic E-state index is 5.33. The quantitative estimate of drug-likeness (QED) is 0.520. The van der Waals surface area contributed by atoms with Crippen molar-refractivity contribution in [2.24, 2.45) is 4.99 Å². The monoisotopic (exact) mass is 424 g/mol. The normalized spacial score (nSPS) is 23.7. The standard InChI is InChI=1S/C25H36N4S/c1-16-15-17-20(26-18-13-11-12-14-19(18)27-21(17)30-16)29-24(6,7)22(2,3)28(10)23(4,5)25(29,8)9/h11-15,27H,1-10H3. The summed E-state index contributed by atoms with van der Waals surface area (Å²) in [6.07, 6.45) is 0. The molecule has 0 saturated carbocycles. The van der Waals surface area contributed by atoms with Crippen LogP contribution in [0.5, 0.6) is 0 Å². The maximum Gasteiger partial charge on any atom is 0.140 e. The molecule has 0 spiro atoms. The molecule has 4 rings (SSSR count). The highest BCUT2D eigenvalue weighted by Crippen LogP contribution is 2.52. The number of hydrogen-bond acceptors (Lipinski definition) is 5. The van der Waals surface area contributed by atoms with Crippen LogP contribution in [0.25, 0.3) is 0 Å². The van der Waals surface area contributed by atoms with Gasteiger partial charge in [0.2, 0.25) is 0 Å². The van der Waals surface area contributed by atoms with E-state index in [-0.39, 0.29) is 22.2 Å². The Morgan fingerprint density at radius 2 is 1.43 bits per heavy atom. The summed E-state index contributed by atoms with van der Waals surface area (Å²) in [5, 5.41) is 4.84. The van der Waals surface area contributed by atoms with E-state index in [0.29, 0.717) is 0 Å². The molecule has 0 radical (unpaired) electrons. The fourth-order valence-corrected chi connectivity index (χ4v) is 6.13. The summed E-state index contributed by atoms with van der Waals surface area (Å²) in [5.41, 5.74) is 2.80. The van der Waals surface area contributed by atoms with Gasteiger partial charge in [0.05, 0.1) is 28.0 Å². The molecule has 0 aliphatic carbocycles. The molecular weight excluding hydrogens is 388 g/mol. The number of benzene rings is 1. The fourth-order valence-electron chi connectivity index (χ4n) is 5.21. The predicted octanol–water partition coefficient (Wildman–Crippen LogP) is 6.55. The number of likely N-dealkylation sites (N-methyl/N-ethyl adjacent to an activating group) is 1. The number of nitrogens with one attached hydrogen (secondary N) is 1. The number of amidine groups is 1. The van der Waals surface area contributed by atoms with Gasteiger partial charge in [-0.2, -0.15) is 0 Å². The van der Waals surface area contributed by atoms with Crippen molar-refractivity contribution in [3.8, 4) is 0 Å². The van der Waals surface area contributed by atoms with E-state index in [2.05, 4.69) is 115 Å². The van der Waals surface area contributed by atoms with E-state index in [9.17, 15) is 0 Å². The SMILES string of the molecule is Cc1cc2c(s1)Nc1ccccc1N=C2N1C(C)(C)C(C)(C)N(C)C(C)(C)C1(C)C. The Kier molecular flexibility index (Phi) is 4.51. The number of rotatable bonds is 0. The first-order chi connectivity index (χ1) is 13.7. The highest BCUT2D eigenvalue weighted by atomic mass is 32.1. The predicted molar refractivity (Wildman–Crippen MR) is 131 cm³/mol. The van der Waals surface area contributed by atoms with Crippen molar-refractivity contribution in [3.63, 3.8) is 0 Å². The lowest BCUT2D eigenvalue weighted by Gasteiger charge is -2.71. The molecule has 0 atom stereocenters. The molecule has 1 aromatic carbocycles. The Balaban J connectivity index is 2.04. The number of aliphatic imine (C=N–C) groups is 1. The summed E-state index contributed by atoms with van der Waals surface area (Å²) in [4.78, 5) is 11.8. The van der Waals surface area contributed by atoms with E-state index in [1.807, 2.05) is 0 Å². The minimum atomic E-state index is -0.161. The van der Waals surface area contributed by atoms with Crippen molar-refractivity contribution < 1.29 is 0 Å². The second-order valence-corrected chi connectivity index (χ2v) is 12.1. The smallest absolute Gasteiger partial charge is 0.140 e. The molecule has 0 amide bonds. The van der Waals surface area contributed by atoms with Crippen LogP contribution in [0, 0.1) is 6.92 Å². The van der Waals surface area contributed by atoms with E-state index in [0.717, 1.165) is 17.2 Å². The van der Waals surface area contributed by atoms with E-state index >= 15 is 0 Å². The van der Waals surface area contributed by atoms with Gasteiger partial charge in [-0.25, -0.2) is 4.99 Å². The number of aryl methyl sites for hydroxylation is 1. The van der Waals surface area contributed by atoms with E-state index in [1.54, 1.807) is 11.3 Å². The van der Waals surface area contributed by atoms with E-state index < -0.39 is 0 Å². The molecular formula is C25H36N4S. The molecule has 2 aliphatic heterocycles. The lowest BCUT2D eigenvalue weighted by molar-refractivity contribution is -0.171. The summed E-state index contributed by atoms with van der Waals surface area (Å²) in [5.74, 6) is 1.07. The Morgan fingerprint density at radius 1 is 0.867 bits per heavy atom. The van der Waals surface area contributed by atoms with Crippen molar-refractivity contribution >= 4 is 33.5 Å². The highest BCUT2D eigenvalue weighted by molar-refractivity contribution is 7.16. The molecule has 1 aromatic heterocycles. The summed E-state index contributed by atoms with van der Waals surface area (Å²) in [6.45, 7) is 21.1. The van der Waals surface area contributed by atoms with Crippen LogP contribution in [-0.4, -0.2) is 44.8 Å². The number of piperazine rings is 1. The molecule has 1 saturated heterocycles. The molecule has 1 N–H and O–H groups in total. The number of fused-ring (bicyclic) bond motifs is 2. The van der Waals surface area contributed by atoms with Crippen LogP contribution >= 0.6 is 11.3 Å². The van der Waals surface area contributed by atoms with Gasteiger partial charge in [-0.05, 0) is 87.6 Å². The average Bonchev–Trinajstić information content (AvgIpc) is 2.93. The Bertz CT molecular complexity index is 998. The molecule has 4 nitrogen and oxygen atoms in total. The van der Waals surface area contributed by atoms with Crippen LogP contribution < -0.4 is 5.32 Å². The van der Waals surface area contributed by atoms with Gasteiger partial charge < -0.3 is 10.2 Å². The van der Waals surface area contributed by atoms with E-state index in [1.165, 1.54) is 15.4 Å². The molecule has 3 heterocycles. The molecule has 5 heteroatoms. The van der Waals surface area contributed by atoms with Crippen molar-refractivity contribution in [1.29, 1.82) is 0 Å². The Hall–Kier alpha value is -1.85. The molecule has 2 aromatic rings. The largest absolute Gasteiger partial charge is 0.345 e. The van der Waals surface area contributed by atoms with Crippen LogP contribution in [-0.2, 0) is 0 Å². The van der Waals surface area contributed by atoms with Crippen molar-refractivity contribution in [3.05, 3.63) is 40.8 Å². The zero-order valence-corrected chi connectivity index (χ0v) is 21.0. The third-order valence-electron chi connectivity index (χ3n) is 8.48.